The molecular weight excluding hydrogens is 252 g/mol. The Hall–Kier alpha value is -2.75. The van der Waals surface area contributed by atoms with Crippen LogP contribution in [0.3, 0.4) is 0 Å². The minimum absolute atomic E-state index is 0.286. The maximum absolute atomic E-state index is 5.39. The Morgan fingerprint density at radius 2 is 1.70 bits per heavy atom. The molecule has 0 fully saturated rings. The van der Waals surface area contributed by atoms with Crippen molar-refractivity contribution in [1.29, 1.82) is 0 Å². The van der Waals surface area contributed by atoms with Crippen LogP contribution in [0, 0.1) is 0 Å². The molecule has 0 aliphatic carbocycles. The van der Waals surface area contributed by atoms with Crippen molar-refractivity contribution in [2.75, 3.05) is 6.79 Å². The van der Waals surface area contributed by atoms with E-state index in [1.807, 2.05) is 42.5 Å². The minimum atomic E-state index is 0.286. The van der Waals surface area contributed by atoms with E-state index in [9.17, 15) is 0 Å². The Morgan fingerprint density at radius 1 is 0.850 bits per heavy atom. The van der Waals surface area contributed by atoms with E-state index in [-0.39, 0.29) is 6.79 Å². The molecule has 4 rings (SSSR count). The van der Waals surface area contributed by atoms with Crippen LogP contribution in [0.25, 0.3) is 22.5 Å². The molecule has 3 aromatic rings. The molecule has 1 aliphatic heterocycles. The van der Waals surface area contributed by atoms with E-state index in [1.54, 1.807) is 0 Å². The first-order valence-electron chi connectivity index (χ1n) is 6.41. The van der Waals surface area contributed by atoms with E-state index >= 15 is 0 Å². The van der Waals surface area contributed by atoms with Crippen LogP contribution in [0.1, 0.15) is 0 Å². The average molecular weight is 264 g/mol. The smallest absolute Gasteiger partial charge is 0.231 e. The van der Waals surface area contributed by atoms with Crippen molar-refractivity contribution < 1.29 is 9.47 Å². The SMILES string of the molecule is c1ccc(-c2cc(-c3ccc4c(c3)OCO4)n[nH]2)cc1. The first-order valence-corrected chi connectivity index (χ1v) is 6.41. The monoisotopic (exact) mass is 264 g/mol. The van der Waals surface area contributed by atoms with Crippen molar-refractivity contribution in [2.24, 2.45) is 0 Å². The summed E-state index contributed by atoms with van der Waals surface area (Å²) in [4.78, 5) is 0. The second-order valence-electron chi connectivity index (χ2n) is 4.60. The molecule has 0 radical (unpaired) electrons. The summed E-state index contributed by atoms with van der Waals surface area (Å²) in [5.41, 5.74) is 4.01. The van der Waals surface area contributed by atoms with Crippen LogP contribution in [0.4, 0.5) is 0 Å². The Labute approximate surface area is 116 Å². The molecule has 0 saturated heterocycles. The van der Waals surface area contributed by atoms with Gasteiger partial charge in [-0.15, -0.1) is 0 Å². The zero-order valence-corrected chi connectivity index (χ0v) is 10.7. The van der Waals surface area contributed by atoms with Gasteiger partial charge in [0.25, 0.3) is 0 Å². The summed E-state index contributed by atoms with van der Waals surface area (Å²) < 4.78 is 10.7. The molecule has 0 amide bonds. The quantitative estimate of drug-likeness (QED) is 0.771. The van der Waals surface area contributed by atoms with Crippen molar-refractivity contribution >= 4 is 0 Å². The number of benzene rings is 2. The molecule has 4 nitrogen and oxygen atoms in total. The van der Waals surface area contributed by atoms with Crippen molar-refractivity contribution in [3.05, 3.63) is 54.6 Å². The number of rotatable bonds is 2. The largest absolute Gasteiger partial charge is 0.454 e. The van der Waals surface area contributed by atoms with Crippen LogP contribution >= 0.6 is 0 Å². The second-order valence-corrected chi connectivity index (χ2v) is 4.60. The van der Waals surface area contributed by atoms with E-state index in [0.29, 0.717) is 0 Å². The molecule has 2 aromatic carbocycles. The Bertz CT molecular complexity index is 750. The molecule has 0 unspecified atom stereocenters. The number of hydrogen-bond donors (Lipinski definition) is 1. The maximum atomic E-state index is 5.39. The van der Waals surface area contributed by atoms with Gasteiger partial charge in [-0.1, -0.05) is 30.3 Å². The topological polar surface area (TPSA) is 47.1 Å². The molecule has 0 spiro atoms. The average Bonchev–Trinajstić information content (AvgIpc) is 3.16. The summed E-state index contributed by atoms with van der Waals surface area (Å²) in [5, 5.41) is 7.43. The lowest BCUT2D eigenvalue weighted by atomic mass is 10.1. The minimum Gasteiger partial charge on any atom is -0.454 e. The maximum Gasteiger partial charge on any atom is 0.231 e. The molecule has 0 bridgehead atoms. The third kappa shape index (κ3) is 1.82. The highest BCUT2D eigenvalue weighted by Gasteiger charge is 2.15. The highest BCUT2D eigenvalue weighted by atomic mass is 16.7. The number of aromatic amines is 1. The first kappa shape index (κ1) is 11.1. The summed E-state index contributed by atoms with van der Waals surface area (Å²) in [6.45, 7) is 0.286. The van der Waals surface area contributed by atoms with Gasteiger partial charge >= 0.3 is 0 Å². The summed E-state index contributed by atoms with van der Waals surface area (Å²) in [6, 6.07) is 18.0. The van der Waals surface area contributed by atoms with Gasteiger partial charge < -0.3 is 9.47 Å². The molecular formula is C16H12N2O2. The Balaban J connectivity index is 1.72. The predicted molar refractivity (Wildman–Crippen MR) is 75.6 cm³/mol. The van der Waals surface area contributed by atoms with Gasteiger partial charge in [-0.2, -0.15) is 5.10 Å². The van der Waals surface area contributed by atoms with E-state index in [2.05, 4.69) is 22.3 Å². The standard InChI is InChI=1S/C16H12N2O2/c1-2-4-11(5-3-1)13-9-14(18-17-13)12-6-7-15-16(8-12)20-10-19-15/h1-9H,10H2,(H,17,18). The van der Waals surface area contributed by atoms with Crippen LogP contribution < -0.4 is 9.47 Å². The predicted octanol–water partition coefficient (Wildman–Crippen LogP) is 3.47. The van der Waals surface area contributed by atoms with E-state index in [0.717, 1.165) is 34.0 Å². The van der Waals surface area contributed by atoms with E-state index in [1.165, 1.54) is 0 Å². The zero-order chi connectivity index (χ0) is 13.4. The van der Waals surface area contributed by atoms with Gasteiger partial charge in [-0.25, -0.2) is 0 Å². The highest BCUT2D eigenvalue weighted by molar-refractivity contribution is 5.70. The van der Waals surface area contributed by atoms with Crippen molar-refractivity contribution in [2.45, 2.75) is 0 Å². The summed E-state index contributed by atoms with van der Waals surface area (Å²) in [6.07, 6.45) is 0. The number of nitrogens with zero attached hydrogens (tertiary/aromatic N) is 1. The lowest BCUT2D eigenvalue weighted by Gasteiger charge is -1.99. The van der Waals surface area contributed by atoms with E-state index in [4.69, 9.17) is 9.47 Å². The third-order valence-electron chi connectivity index (χ3n) is 3.33. The van der Waals surface area contributed by atoms with Crippen LogP contribution in [0.15, 0.2) is 54.6 Å². The van der Waals surface area contributed by atoms with Gasteiger partial charge in [0.15, 0.2) is 11.5 Å². The normalized spacial score (nSPS) is 12.6. The van der Waals surface area contributed by atoms with Gasteiger partial charge in [-0.05, 0) is 29.8 Å². The first-order chi connectivity index (χ1) is 9.90. The number of H-pyrrole nitrogens is 1. The van der Waals surface area contributed by atoms with Crippen LogP contribution in [0.2, 0.25) is 0 Å². The molecule has 98 valence electrons. The summed E-state index contributed by atoms with van der Waals surface area (Å²) >= 11 is 0. The molecule has 0 saturated carbocycles. The molecule has 4 heteroatoms. The van der Waals surface area contributed by atoms with Gasteiger partial charge in [-0.3, -0.25) is 5.10 Å². The molecule has 2 heterocycles. The van der Waals surface area contributed by atoms with Crippen molar-refractivity contribution in [3.8, 4) is 34.0 Å². The third-order valence-corrected chi connectivity index (χ3v) is 3.33. The second kappa shape index (κ2) is 4.42. The summed E-state index contributed by atoms with van der Waals surface area (Å²) in [5.74, 6) is 1.55. The fourth-order valence-corrected chi connectivity index (χ4v) is 2.29. The van der Waals surface area contributed by atoms with Crippen molar-refractivity contribution in [3.63, 3.8) is 0 Å². The van der Waals surface area contributed by atoms with Crippen LogP contribution in [0.5, 0.6) is 11.5 Å². The molecule has 1 aromatic heterocycles. The van der Waals surface area contributed by atoms with E-state index < -0.39 is 0 Å². The fourth-order valence-electron chi connectivity index (χ4n) is 2.29. The van der Waals surface area contributed by atoms with Gasteiger partial charge in [0, 0.05) is 5.56 Å². The zero-order valence-electron chi connectivity index (χ0n) is 10.7. The molecule has 1 N–H and O–H groups in total. The lowest BCUT2D eigenvalue weighted by molar-refractivity contribution is 0.174. The Kier molecular flexibility index (Phi) is 2.45. The van der Waals surface area contributed by atoms with Crippen LogP contribution in [-0.2, 0) is 0 Å². The van der Waals surface area contributed by atoms with Gasteiger partial charge in [0.2, 0.25) is 6.79 Å². The van der Waals surface area contributed by atoms with Crippen LogP contribution in [-0.4, -0.2) is 17.0 Å². The molecule has 1 aliphatic rings. The number of hydrogen-bond acceptors (Lipinski definition) is 3. The number of aromatic nitrogens is 2. The number of fused-ring (bicyclic) bond motifs is 1. The molecule has 20 heavy (non-hydrogen) atoms. The van der Waals surface area contributed by atoms with Gasteiger partial charge in [0.05, 0.1) is 11.4 Å². The molecule has 0 atom stereocenters. The number of ether oxygens (including phenoxy) is 2. The lowest BCUT2D eigenvalue weighted by Crippen LogP contribution is -1.92. The number of nitrogens with one attached hydrogen (secondary N) is 1. The van der Waals surface area contributed by atoms with Crippen molar-refractivity contribution in [1.82, 2.24) is 10.2 Å². The summed E-state index contributed by atoms with van der Waals surface area (Å²) in [7, 11) is 0. The Morgan fingerprint density at radius 3 is 2.60 bits per heavy atom. The fraction of sp³-hybridized carbons (Fsp3) is 0.0625. The van der Waals surface area contributed by atoms with Gasteiger partial charge in [0.1, 0.15) is 0 Å². The highest BCUT2D eigenvalue weighted by Crippen LogP contribution is 2.36.